The molecule has 1 fully saturated rings. The highest BCUT2D eigenvalue weighted by molar-refractivity contribution is 7.93. The molecule has 1 amide bonds. The van der Waals surface area contributed by atoms with E-state index in [-0.39, 0.29) is 11.7 Å². The first kappa shape index (κ1) is 21.2. The summed E-state index contributed by atoms with van der Waals surface area (Å²) in [6, 6.07) is 21.9. The Morgan fingerprint density at radius 1 is 1.03 bits per heavy atom. The quantitative estimate of drug-likeness (QED) is 0.594. The van der Waals surface area contributed by atoms with Crippen molar-refractivity contribution in [3.05, 3.63) is 83.4 Å². The lowest BCUT2D eigenvalue weighted by molar-refractivity contribution is 0.102. The fourth-order valence-electron chi connectivity index (χ4n) is 3.63. The lowest BCUT2D eigenvalue weighted by Gasteiger charge is -2.22. The fraction of sp³-hybridized carbons (Fsp3) is 0.174. The zero-order valence-corrected chi connectivity index (χ0v) is 18.5. The molecule has 3 aromatic carbocycles. The Bertz CT molecular complexity index is 1220. The maximum absolute atomic E-state index is 13.2. The molecule has 3 aromatic rings. The van der Waals surface area contributed by atoms with Crippen LogP contribution in [-0.2, 0) is 10.0 Å². The van der Waals surface area contributed by atoms with Crippen molar-refractivity contribution in [2.24, 2.45) is 0 Å². The summed E-state index contributed by atoms with van der Waals surface area (Å²) < 4.78 is 25.9. The first-order valence-corrected chi connectivity index (χ1v) is 11.8. The SMILES string of the molecule is CN(c1ccccc1)c1ccccc1C(=O)Nc1cc(N2CCCS2(=O)=O)ccc1Cl. The van der Waals surface area contributed by atoms with Crippen molar-refractivity contribution >= 4 is 50.3 Å². The number of hydrogen-bond donors (Lipinski definition) is 1. The topological polar surface area (TPSA) is 69.7 Å². The van der Waals surface area contributed by atoms with Gasteiger partial charge in [-0.05, 0) is 48.9 Å². The van der Waals surface area contributed by atoms with Crippen LogP contribution in [0.3, 0.4) is 0 Å². The van der Waals surface area contributed by atoms with Gasteiger partial charge in [0, 0.05) is 19.3 Å². The maximum atomic E-state index is 13.2. The van der Waals surface area contributed by atoms with Crippen LogP contribution in [-0.4, -0.2) is 33.7 Å². The van der Waals surface area contributed by atoms with Gasteiger partial charge in [0.1, 0.15) is 0 Å². The van der Waals surface area contributed by atoms with Crippen LogP contribution in [0.5, 0.6) is 0 Å². The molecule has 0 radical (unpaired) electrons. The molecule has 1 N–H and O–H groups in total. The Morgan fingerprint density at radius 2 is 1.74 bits per heavy atom. The summed E-state index contributed by atoms with van der Waals surface area (Å²) in [6.45, 7) is 0.419. The normalized spacial score (nSPS) is 15.0. The highest BCUT2D eigenvalue weighted by Crippen LogP contribution is 2.33. The van der Waals surface area contributed by atoms with E-state index in [1.54, 1.807) is 30.3 Å². The van der Waals surface area contributed by atoms with Crippen LogP contribution in [0, 0.1) is 0 Å². The first-order valence-electron chi connectivity index (χ1n) is 9.86. The van der Waals surface area contributed by atoms with Gasteiger partial charge in [-0.2, -0.15) is 0 Å². The molecule has 0 unspecified atom stereocenters. The zero-order valence-electron chi connectivity index (χ0n) is 17.0. The highest BCUT2D eigenvalue weighted by atomic mass is 35.5. The molecule has 8 heteroatoms. The molecular formula is C23H22ClN3O3S. The number of nitrogens with zero attached hydrogens (tertiary/aromatic N) is 2. The third kappa shape index (κ3) is 4.38. The Morgan fingerprint density at radius 3 is 2.45 bits per heavy atom. The Kier molecular flexibility index (Phi) is 5.89. The molecule has 0 aromatic heterocycles. The van der Waals surface area contributed by atoms with E-state index in [0.29, 0.717) is 34.9 Å². The predicted octanol–water partition coefficient (Wildman–Crippen LogP) is 4.90. The molecule has 0 aliphatic carbocycles. The summed E-state index contributed by atoms with van der Waals surface area (Å²) in [5, 5.41) is 3.18. The van der Waals surface area contributed by atoms with Gasteiger partial charge >= 0.3 is 0 Å². The second-order valence-electron chi connectivity index (χ2n) is 7.27. The smallest absolute Gasteiger partial charge is 0.257 e. The van der Waals surface area contributed by atoms with Crippen molar-refractivity contribution in [2.75, 3.05) is 33.9 Å². The summed E-state index contributed by atoms with van der Waals surface area (Å²) in [4.78, 5) is 15.1. The second kappa shape index (κ2) is 8.61. The number of carbonyl (C=O) groups excluding carboxylic acids is 1. The van der Waals surface area contributed by atoms with Crippen LogP contribution in [0.15, 0.2) is 72.8 Å². The number of amides is 1. The van der Waals surface area contributed by atoms with Gasteiger partial charge < -0.3 is 10.2 Å². The molecule has 0 saturated carbocycles. The van der Waals surface area contributed by atoms with E-state index in [4.69, 9.17) is 11.6 Å². The highest BCUT2D eigenvalue weighted by Gasteiger charge is 2.29. The van der Waals surface area contributed by atoms with E-state index < -0.39 is 10.0 Å². The molecule has 4 rings (SSSR count). The zero-order chi connectivity index (χ0) is 22.0. The number of anilines is 4. The van der Waals surface area contributed by atoms with Crippen LogP contribution >= 0.6 is 11.6 Å². The Hall–Kier alpha value is -3.03. The molecule has 1 aliphatic heterocycles. The summed E-state index contributed by atoms with van der Waals surface area (Å²) in [7, 11) is -1.43. The molecule has 1 saturated heterocycles. The third-order valence-corrected chi connectivity index (χ3v) is 7.44. The van der Waals surface area contributed by atoms with Crippen molar-refractivity contribution in [3.63, 3.8) is 0 Å². The Balaban J connectivity index is 1.63. The summed E-state index contributed by atoms with van der Waals surface area (Å²) in [5.41, 5.74) is 3.02. The van der Waals surface area contributed by atoms with Gasteiger partial charge in [-0.3, -0.25) is 9.10 Å². The Labute approximate surface area is 187 Å². The van der Waals surface area contributed by atoms with Crippen molar-refractivity contribution in [1.82, 2.24) is 0 Å². The number of benzene rings is 3. The molecule has 1 heterocycles. The van der Waals surface area contributed by atoms with E-state index in [1.165, 1.54) is 4.31 Å². The van der Waals surface area contributed by atoms with Crippen molar-refractivity contribution in [2.45, 2.75) is 6.42 Å². The lowest BCUT2D eigenvalue weighted by Crippen LogP contribution is -2.25. The van der Waals surface area contributed by atoms with Crippen LogP contribution in [0.4, 0.5) is 22.7 Å². The molecule has 6 nitrogen and oxygen atoms in total. The van der Waals surface area contributed by atoms with E-state index >= 15 is 0 Å². The average molecular weight is 456 g/mol. The van der Waals surface area contributed by atoms with Crippen LogP contribution < -0.4 is 14.5 Å². The number of rotatable bonds is 5. The van der Waals surface area contributed by atoms with Gasteiger partial charge in [-0.15, -0.1) is 0 Å². The molecule has 160 valence electrons. The minimum Gasteiger partial charge on any atom is -0.344 e. The van der Waals surface area contributed by atoms with E-state index in [9.17, 15) is 13.2 Å². The van der Waals surface area contributed by atoms with Crippen molar-refractivity contribution in [1.29, 1.82) is 0 Å². The molecular weight excluding hydrogens is 434 g/mol. The van der Waals surface area contributed by atoms with E-state index in [0.717, 1.165) is 11.4 Å². The lowest BCUT2D eigenvalue weighted by atomic mass is 10.1. The average Bonchev–Trinajstić information content (AvgIpc) is 3.14. The van der Waals surface area contributed by atoms with Crippen molar-refractivity contribution in [3.8, 4) is 0 Å². The minimum atomic E-state index is -3.33. The number of halogens is 1. The van der Waals surface area contributed by atoms with Crippen molar-refractivity contribution < 1.29 is 13.2 Å². The number of carbonyl (C=O) groups is 1. The predicted molar refractivity (Wildman–Crippen MR) is 126 cm³/mol. The summed E-state index contributed by atoms with van der Waals surface area (Å²) in [5.74, 6) is -0.210. The van der Waals surface area contributed by atoms with Crippen LogP contribution in [0.25, 0.3) is 0 Å². The largest absolute Gasteiger partial charge is 0.344 e. The fourth-order valence-corrected chi connectivity index (χ4v) is 5.35. The standard InChI is InChI=1S/C23H22ClN3O3S/c1-26(17-8-3-2-4-9-17)22-11-6-5-10-19(22)23(28)25-21-16-18(12-13-20(21)24)27-14-7-15-31(27,29)30/h2-6,8-13,16H,7,14-15H2,1H3,(H,25,28). The minimum absolute atomic E-state index is 0.122. The number of nitrogens with one attached hydrogen (secondary N) is 1. The van der Waals surface area contributed by atoms with Crippen LogP contribution in [0.2, 0.25) is 5.02 Å². The monoisotopic (exact) mass is 455 g/mol. The number of para-hydroxylation sites is 2. The first-order chi connectivity index (χ1) is 14.9. The van der Waals surface area contributed by atoms with E-state index in [1.807, 2.05) is 54.4 Å². The number of hydrogen-bond acceptors (Lipinski definition) is 4. The molecule has 0 atom stereocenters. The van der Waals surface area contributed by atoms with E-state index in [2.05, 4.69) is 5.32 Å². The number of sulfonamides is 1. The molecule has 31 heavy (non-hydrogen) atoms. The van der Waals surface area contributed by atoms with Gasteiger partial charge in [0.2, 0.25) is 10.0 Å². The molecule has 1 aliphatic rings. The van der Waals surface area contributed by atoms with Gasteiger partial charge in [0.05, 0.1) is 33.4 Å². The molecule has 0 spiro atoms. The van der Waals surface area contributed by atoms with Gasteiger partial charge in [0.15, 0.2) is 0 Å². The summed E-state index contributed by atoms with van der Waals surface area (Å²) >= 11 is 6.31. The maximum Gasteiger partial charge on any atom is 0.257 e. The van der Waals surface area contributed by atoms with Gasteiger partial charge in [0.25, 0.3) is 5.91 Å². The summed E-state index contributed by atoms with van der Waals surface area (Å²) in [6.07, 6.45) is 0.575. The molecule has 0 bridgehead atoms. The second-order valence-corrected chi connectivity index (χ2v) is 9.69. The van der Waals surface area contributed by atoms with Crippen LogP contribution in [0.1, 0.15) is 16.8 Å². The van der Waals surface area contributed by atoms with Gasteiger partial charge in [-0.1, -0.05) is 41.9 Å². The third-order valence-electron chi connectivity index (χ3n) is 5.24. The van der Waals surface area contributed by atoms with Gasteiger partial charge in [-0.25, -0.2) is 8.42 Å².